The zero-order valence-corrected chi connectivity index (χ0v) is 16.0. The predicted octanol–water partition coefficient (Wildman–Crippen LogP) is 3.76. The Morgan fingerprint density at radius 2 is 1.96 bits per heavy atom. The van der Waals surface area contributed by atoms with Gasteiger partial charge in [0.25, 0.3) is 0 Å². The van der Waals surface area contributed by atoms with E-state index in [-0.39, 0.29) is 27.3 Å². The van der Waals surface area contributed by atoms with Crippen LogP contribution in [-0.4, -0.2) is 28.3 Å². The van der Waals surface area contributed by atoms with Crippen LogP contribution in [0.3, 0.4) is 0 Å². The highest BCUT2D eigenvalue weighted by atomic mass is 35.5. The first kappa shape index (κ1) is 20.2. The lowest BCUT2D eigenvalue weighted by Gasteiger charge is -2.30. The molecule has 1 aliphatic heterocycles. The van der Waals surface area contributed by atoms with Crippen molar-refractivity contribution in [3.63, 3.8) is 0 Å². The third kappa shape index (κ3) is 3.99. The number of urea groups is 1. The van der Waals surface area contributed by atoms with Crippen molar-refractivity contribution in [1.29, 1.82) is 0 Å². The van der Waals surface area contributed by atoms with Gasteiger partial charge in [0.15, 0.2) is 5.75 Å². The number of phenols is 2. The molecule has 0 fully saturated rings. The molecule has 1 atom stereocenters. The number of carbonyl (C=O) groups is 2. The third-order valence-corrected chi connectivity index (χ3v) is 4.37. The SMILES string of the molecule is CCCC1=C(C(=O)OC(C)C)C(c2cc(Cl)c(O)c(Cl)c2O)NC(=O)N1. The summed E-state index contributed by atoms with van der Waals surface area (Å²) in [6.07, 6.45) is 0.716. The van der Waals surface area contributed by atoms with Crippen molar-refractivity contribution in [2.45, 2.75) is 45.8 Å². The Hall–Kier alpha value is -2.12. The summed E-state index contributed by atoms with van der Waals surface area (Å²) in [7, 11) is 0. The van der Waals surface area contributed by atoms with Gasteiger partial charge in [-0.1, -0.05) is 36.5 Å². The van der Waals surface area contributed by atoms with Gasteiger partial charge < -0.3 is 25.6 Å². The van der Waals surface area contributed by atoms with E-state index in [0.29, 0.717) is 18.5 Å². The monoisotopic (exact) mass is 402 g/mol. The van der Waals surface area contributed by atoms with Gasteiger partial charge in [-0.15, -0.1) is 0 Å². The molecule has 1 unspecified atom stereocenters. The fraction of sp³-hybridized carbons (Fsp3) is 0.412. The third-order valence-electron chi connectivity index (χ3n) is 3.72. The summed E-state index contributed by atoms with van der Waals surface area (Å²) in [5.74, 6) is -1.61. The van der Waals surface area contributed by atoms with Gasteiger partial charge in [0.1, 0.15) is 10.8 Å². The van der Waals surface area contributed by atoms with Crippen LogP contribution in [0.2, 0.25) is 10.0 Å². The van der Waals surface area contributed by atoms with E-state index in [1.807, 2.05) is 6.92 Å². The Morgan fingerprint density at radius 1 is 1.31 bits per heavy atom. The topological polar surface area (TPSA) is 108 Å². The van der Waals surface area contributed by atoms with Crippen molar-refractivity contribution in [3.05, 3.63) is 32.9 Å². The molecule has 1 aromatic carbocycles. The summed E-state index contributed by atoms with van der Waals surface area (Å²) in [4.78, 5) is 24.7. The van der Waals surface area contributed by atoms with Crippen molar-refractivity contribution in [2.24, 2.45) is 0 Å². The first-order valence-corrected chi connectivity index (χ1v) is 8.84. The van der Waals surface area contributed by atoms with Crippen LogP contribution in [-0.2, 0) is 9.53 Å². The predicted molar refractivity (Wildman–Crippen MR) is 97.4 cm³/mol. The molecule has 0 saturated heterocycles. The highest BCUT2D eigenvalue weighted by Crippen LogP contribution is 2.45. The smallest absolute Gasteiger partial charge is 0.338 e. The van der Waals surface area contributed by atoms with Gasteiger partial charge >= 0.3 is 12.0 Å². The lowest BCUT2D eigenvalue weighted by atomic mass is 9.93. The lowest BCUT2D eigenvalue weighted by molar-refractivity contribution is -0.143. The van der Waals surface area contributed by atoms with Gasteiger partial charge in [-0.05, 0) is 26.3 Å². The number of ether oxygens (including phenoxy) is 1. The van der Waals surface area contributed by atoms with E-state index in [2.05, 4.69) is 10.6 Å². The zero-order chi connectivity index (χ0) is 19.6. The number of phenolic OH excluding ortho intramolecular Hbond substituents is 2. The Morgan fingerprint density at radius 3 is 2.54 bits per heavy atom. The molecule has 1 heterocycles. The minimum Gasteiger partial charge on any atom is -0.506 e. The van der Waals surface area contributed by atoms with Crippen LogP contribution >= 0.6 is 23.2 Å². The average Bonchev–Trinajstić information content (AvgIpc) is 2.55. The number of aromatic hydroxyl groups is 2. The number of allylic oxidation sites excluding steroid dienone is 1. The Labute approximate surface area is 160 Å². The van der Waals surface area contributed by atoms with Crippen molar-refractivity contribution in [1.82, 2.24) is 10.6 Å². The molecule has 0 bridgehead atoms. The normalized spacial score (nSPS) is 17.2. The van der Waals surface area contributed by atoms with Crippen LogP contribution in [0.1, 0.15) is 45.2 Å². The number of esters is 1. The fourth-order valence-electron chi connectivity index (χ4n) is 2.65. The molecule has 1 aromatic rings. The molecule has 0 aromatic heterocycles. The van der Waals surface area contributed by atoms with E-state index >= 15 is 0 Å². The largest absolute Gasteiger partial charge is 0.506 e. The van der Waals surface area contributed by atoms with Crippen LogP contribution in [0.5, 0.6) is 11.5 Å². The molecule has 0 spiro atoms. The molecular weight excluding hydrogens is 383 g/mol. The maximum atomic E-state index is 12.7. The molecule has 0 aliphatic carbocycles. The number of hydrogen-bond donors (Lipinski definition) is 4. The highest BCUT2D eigenvalue weighted by Gasteiger charge is 2.36. The first-order chi connectivity index (χ1) is 12.2. The second-order valence-electron chi connectivity index (χ2n) is 6.09. The summed E-state index contributed by atoms with van der Waals surface area (Å²) in [5.41, 5.74) is 0.622. The quantitative estimate of drug-likeness (QED) is 0.560. The molecule has 2 amide bonds. The standard InChI is InChI=1S/C17H20Cl2N2O5/c1-4-5-10-11(16(24)26-7(2)3)13(21-17(25)20-10)8-6-9(18)15(23)12(19)14(8)22/h6-7,13,22-23H,4-5H2,1-3H3,(H2,20,21,25). The van der Waals surface area contributed by atoms with Gasteiger partial charge in [-0.2, -0.15) is 0 Å². The van der Waals surface area contributed by atoms with Gasteiger partial charge in [0.2, 0.25) is 0 Å². The summed E-state index contributed by atoms with van der Waals surface area (Å²) in [5, 5.41) is 24.8. The Kier molecular flexibility index (Phi) is 6.26. The minimum atomic E-state index is -1.04. The summed E-state index contributed by atoms with van der Waals surface area (Å²) in [6, 6.07) is -0.327. The van der Waals surface area contributed by atoms with Gasteiger partial charge in [0.05, 0.1) is 22.7 Å². The van der Waals surface area contributed by atoms with E-state index in [0.717, 1.165) is 0 Å². The lowest BCUT2D eigenvalue weighted by Crippen LogP contribution is -2.46. The number of rotatable bonds is 5. The first-order valence-electron chi connectivity index (χ1n) is 8.08. The molecule has 0 saturated carbocycles. The second-order valence-corrected chi connectivity index (χ2v) is 6.87. The van der Waals surface area contributed by atoms with E-state index in [4.69, 9.17) is 27.9 Å². The maximum absolute atomic E-state index is 12.7. The number of halogens is 2. The average molecular weight is 403 g/mol. The number of hydrogen-bond acceptors (Lipinski definition) is 5. The molecule has 142 valence electrons. The second kappa shape index (κ2) is 8.05. The van der Waals surface area contributed by atoms with Crippen LogP contribution in [0, 0.1) is 0 Å². The number of nitrogens with one attached hydrogen (secondary N) is 2. The van der Waals surface area contributed by atoms with Gasteiger partial charge in [-0.25, -0.2) is 9.59 Å². The molecule has 9 heteroatoms. The molecule has 1 aliphatic rings. The van der Waals surface area contributed by atoms with E-state index in [9.17, 15) is 19.8 Å². The molecule has 0 radical (unpaired) electrons. The van der Waals surface area contributed by atoms with Gasteiger partial charge in [-0.3, -0.25) is 0 Å². The number of amides is 2. The molecule has 4 N–H and O–H groups in total. The molecular formula is C17H20Cl2N2O5. The summed E-state index contributed by atoms with van der Waals surface area (Å²) >= 11 is 11.9. The number of benzene rings is 1. The van der Waals surface area contributed by atoms with E-state index in [1.165, 1.54) is 6.07 Å². The van der Waals surface area contributed by atoms with Gasteiger partial charge in [0, 0.05) is 11.3 Å². The van der Waals surface area contributed by atoms with E-state index < -0.39 is 29.5 Å². The van der Waals surface area contributed by atoms with Crippen molar-refractivity contribution < 1.29 is 24.5 Å². The Balaban J connectivity index is 2.65. The molecule has 2 rings (SSSR count). The molecule has 7 nitrogen and oxygen atoms in total. The van der Waals surface area contributed by atoms with Crippen LogP contribution in [0.15, 0.2) is 17.3 Å². The zero-order valence-electron chi connectivity index (χ0n) is 14.5. The summed E-state index contributed by atoms with van der Waals surface area (Å²) < 4.78 is 5.29. The highest BCUT2D eigenvalue weighted by molar-refractivity contribution is 6.38. The maximum Gasteiger partial charge on any atom is 0.338 e. The summed E-state index contributed by atoms with van der Waals surface area (Å²) in [6.45, 7) is 5.30. The van der Waals surface area contributed by atoms with Crippen molar-refractivity contribution in [2.75, 3.05) is 0 Å². The van der Waals surface area contributed by atoms with Crippen LogP contribution < -0.4 is 10.6 Å². The van der Waals surface area contributed by atoms with E-state index in [1.54, 1.807) is 13.8 Å². The number of carbonyl (C=O) groups excluding carboxylic acids is 2. The molecule has 26 heavy (non-hydrogen) atoms. The van der Waals surface area contributed by atoms with Crippen molar-refractivity contribution in [3.8, 4) is 11.5 Å². The van der Waals surface area contributed by atoms with Crippen LogP contribution in [0.4, 0.5) is 4.79 Å². The van der Waals surface area contributed by atoms with Crippen molar-refractivity contribution >= 4 is 35.2 Å². The Bertz CT molecular complexity index is 777. The minimum absolute atomic E-state index is 0.0805. The fourth-order valence-corrected chi connectivity index (χ4v) is 3.13. The van der Waals surface area contributed by atoms with Crippen LogP contribution in [0.25, 0.3) is 0 Å².